The molecule has 0 saturated carbocycles. The topological polar surface area (TPSA) is 71.1 Å². The third-order valence-electron chi connectivity index (χ3n) is 5.21. The lowest BCUT2D eigenvalue weighted by Gasteiger charge is -2.17. The van der Waals surface area contributed by atoms with E-state index in [1.54, 1.807) is 29.7 Å². The summed E-state index contributed by atoms with van der Waals surface area (Å²) in [6.07, 6.45) is 1.71. The van der Waals surface area contributed by atoms with E-state index in [0.717, 1.165) is 26.9 Å². The molecule has 0 radical (unpaired) electrons. The zero-order chi connectivity index (χ0) is 20.0. The number of carbonyl (C=O) groups is 2. The van der Waals surface area contributed by atoms with Gasteiger partial charge in [-0.2, -0.15) is 0 Å². The standard InChI is InChI=1S/C23H17N3O2S/c1-13-6-5-11-24-20(13)21-19-15(22(27)26-21)8-4-9-17(19)25-23(28)16-12-29-18-10-3-2-7-14(16)18/h2-12,21H,1H3,(H,25,28)(H,26,27). The van der Waals surface area contributed by atoms with Crippen LogP contribution < -0.4 is 10.6 Å². The monoisotopic (exact) mass is 399 g/mol. The molecule has 0 fully saturated rings. The summed E-state index contributed by atoms with van der Waals surface area (Å²) in [7, 11) is 0. The van der Waals surface area contributed by atoms with Crippen LogP contribution in [0.4, 0.5) is 5.69 Å². The zero-order valence-electron chi connectivity index (χ0n) is 15.6. The Labute approximate surface area is 171 Å². The fraction of sp³-hybridized carbons (Fsp3) is 0.0870. The van der Waals surface area contributed by atoms with Crippen LogP contribution in [0.25, 0.3) is 10.1 Å². The van der Waals surface area contributed by atoms with Gasteiger partial charge in [0.05, 0.1) is 17.3 Å². The van der Waals surface area contributed by atoms with E-state index in [-0.39, 0.29) is 11.8 Å². The fourth-order valence-corrected chi connectivity index (χ4v) is 4.75. The van der Waals surface area contributed by atoms with Crippen LogP contribution >= 0.6 is 11.3 Å². The summed E-state index contributed by atoms with van der Waals surface area (Å²) in [5, 5.41) is 8.82. The minimum atomic E-state index is -0.394. The first-order chi connectivity index (χ1) is 14.1. The smallest absolute Gasteiger partial charge is 0.257 e. The van der Waals surface area contributed by atoms with Crippen LogP contribution in [0.2, 0.25) is 0 Å². The Kier molecular flexibility index (Phi) is 4.14. The van der Waals surface area contributed by atoms with Crippen molar-refractivity contribution >= 4 is 38.9 Å². The number of aromatic nitrogens is 1. The van der Waals surface area contributed by atoms with Crippen LogP contribution in [0.1, 0.15) is 43.6 Å². The van der Waals surface area contributed by atoms with Crippen molar-refractivity contribution in [1.82, 2.24) is 10.3 Å². The molecule has 0 aliphatic carbocycles. The molecule has 1 aliphatic rings. The number of pyridine rings is 1. The Hall–Kier alpha value is -3.51. The molecule has 2 N–H and O–H groups in total. The maximum Gasteiger partial charge on any atom is 0.257 e. The second-order valence-corrected chi connectivity index (χ2v) is 7.89. The molecule has 6 heteroatoms. The van der Waals surface area contributed by atoms with Gasteiger partial charge in [0.2, 0.25) is 0 Å². The van der Waals surface area contributed by atoms with Crippen molar-refractivity contribution in [2.75, 3.05) is 5.32 Å². The average molecular weight is 399 g/mol. The number of hydrogen-bond acceptors (Lipinski definition) is 4. The minimum Gasteiger partial charge on any atom is -0.339 e. The number of fused-ring (bicyclic) bond motifs is 2. The van der Waals surface area contributed by atoms with E-state index in [2.05, 4.69) is 15.6 Å². The maximum absolute atomic E-state index is 13.1. The van der Waals surface area contributed by atoms with Gasteiger partial charge in [-0.1, -0.05) is 30.3 Å². The molecule has 3 heterocycles. The van der Waals surface area contributed by atoms with E-state index in [9.17, 15) is 9.59 Å². The molecule has 4 aromatic rings. The van der Waals surface area contributed by atoms with Crippen LogP contribution in [-0.2, 0) is 0 Å². The molecule has 1 unspecified atom stereocenters. The van der Waals surface area contributed by atoms with Gasteiger partial charge < -0.3 is 10.6 Å². The molecule has 1 atom stereocenters. The summed E-state index contributed by atoms with van der Waals surface area (Å²) in [6.45, 7) is 1.96. The highest BCUT2D eigenvalue weighted by molar-refractivity contribution is 7.17. The van der Waals surface area contributed by atoms with E-state index >= 15 is 0 Å². The number of thiophene rings is 1. The van der Waals surface area contributed by atoms with Crippen LogP contribution in [0.5, 0.6) is 0 Å². The van der Waals surface area contributed by atoms with Crippen molar-refractivity contribution in [1.29, 1.82) is 0 Å². The van der Waals surface area contributed by atoms with Gasteiger partial charge in [-0.15, -0.1) is 11.3 Å². The van der Waals surface area contributed by atoms with Gasteiger partial charge >= 0.3 is 0 Å². The largest absolute Gasteiger partial charge is 0.339 e. The van der Waals surface area contributed by atoms with Crippen molar-refractivity contribution in [2.45, 2.75) is 13.0 Å². The molecule has 1 aliphatic heterocycles. The first kappa shape index (κ1) is 17.6. The lowest BCUT2D eigenvalue weighted by atomic mass is 9.97. The van der Waals surface area contributed by atoms with Gasteiger partial charge in [-0.3, -0.25) is 14.6 Å². The third-order valence-corrected chi connectivity index (χ3v) is 6.18. The van der Waals surface area contributed by atoms with Gasteiger partial charge in [0.1, 0.15) is 0 Å². The highest BCUT2D eigenvalue weighted by Gasteiger charge is 2.34. The quantitative estimate of drug-likeness (QED) is 0.525. The Balaban J connectivity index is 1.57. The van der Waals surface area contributed by atoms with Crippen molar-refractivity contribution in [2.24, 2.45) is 0 Å². The number of benzene rings is 2. The second-order valence-electron chi connectivity index (χ2n) is 6.98. The van der Waals surface area contributed by atoms with E-state index in [1.807, 2.05) is 54.8 Å². The summed E-state index contributed by atoms with van der Waals surface area (Å²) in [4.78, 5) is 30.1. The van der Waals surface area contributed by atoms with Gasteiger partial charge in [-0.25, -0.2) is 0 Å². The van der Waals surface area contributed by atoms with Crippen LogP contribution in [0, 0.1) is 6.92 Å². The highest BCUT2D eigenvalue weighted by atomic mass is 32.1. The van der Waals surface area contributed by atoms with E-state index in [4.69, 9.17) is 0 Å². The van der Waals surface area contributed by atoms with Crippen molar-refractivity contribution in [3.63, 3.8) is 0 Å². The molecule has 142 valence electrons. The number of amides is 2. The Morgan fingerprint density at radius 3 is 2.83 bits per heavy atom. The Morgan fingerprint density at radius 2 is 1.97 bits per heavy atom. The van der Waals surface area contributed by atoms with E-state index < -0.39 is 6.04 Å². The van der Waals surface area contributed by atoms with Gasteiger partial charge in [0.15, 0.2) is 0 Å². The Bertz CT molecular complexity index is 1280. The molecular formula is C23H17N3O2S. The molecule has 5 nitrogen and oxygen atoms in total. The minimum absolute atomic E-state index is 0.160. The maximum atomic E-state index is 13.1. The normalized spacial score (nSPS) is 15.2. The number of nitrogens with zero attached hydrogens (tertiary/aromatic N) is 1. The molecule has 0 spiro atoms. The second kappa shape index (κ2) is 6.83. The summed E-state index contributed by atoms with van der Waals surface area (Å²) in [5.74, 6) is -0.348. The molecule has 2 aromatic carbocycles. The highest BCUT2D eigenvalue weighted by Crippen LogP contribution is 2.37. The SMILES string of the molecule is Cc1cccnc1C1NC(=O)c2cccc(NC(=O)c3csc4ccccc34)c21. The lowest BCUT2D eigenvalue weighted by Crippen LogP contribution is -2.22. The number of nitrogens with one attached hydrogen (secondary N) is 2. The first-order valence-corrected chi connectivity index (χ1v) is 10.1. The third kappa shape index (κ3) is 2.89. The molecular weight excluding hydrogens is 382 g/mol. The van der Waals surface area contributed by atoms with Crippen LogP contribution in [0.3, 0.4) is 0 Å². The molecule has 0 bridgehead atoms. The number of hydrogen-bond donors (Lipinski definition) is 2. The van der Waals surface area contributed by atoms with Gasteiger partial charge in [-0.05, 0) is 36.8 Å². The van der Waals surface area contributed by atoms with Crippen molar-refractivity contribution < 1.29 is 9.59 Å². The summed E-state index contributed by atoms with van der Waals surface area (Å²) >= 11 is 1.54. The summed E-state index contributed by atoms with van der Waals surface area (Å²) in [5.41, 5.74) is 4.33. The molecule has 0 saturated heterocycles. The van der Waals surface area contributed by atoms with Gasteiger partial charge in [0, 0.05) is 38.5 Å². The van der Waals surface area contributed by atoms with Crippen molar-refractivity contribution in [3.8, 4) is 0 Å². The fourth-order valence-electron chi connectivity index (χ4n) is 3.81. The average Bonchev–Trinajstić information content (AvgIpc) is 3.31. The molecule has 29 heavy (non-hydrogen) atoms. The predicted octanol–water partition coefficient (Wildman–Crippen LogP) is 4.69. The number of aryl methyl sites for hydroxylation is 1. The molecule has 5 rings (SSSR count). The molecule has 2 aromatic heterocycles. The number of carbonyl (C=O) groups excluding carboxylic acids is 2. The Morgan fingerprint density at radius 1 is 1.10 bits per heavy atom. The number of anilines is 1. The van der Waals surface area contributed by atoms with Crippen molar-refractivity contribution in [3.05, 3.63) is 94.1 Å². The van der Waals surface area contributed by atoms with Gasteiger partial charge in [0.25, 0.3) is 11.8 Å². The predicted molar refractivity (Wildman–Crippen MR) is 115 cm³/mol. The van der Waals surface area contributed by atoms with E-state index in [1.165, 1.54) is 0 Å². The first-order valence-electron chi connectivity index (χ1n) is 9.26. The molecule has 2 amide bonds. The summed E-state index contributed by atoms with van der Waals surface area (Å²) in [6, 6.07) is 16.7. The number of rotatable bonds is 3. The zero-order valence-corrected chi connectivity index (χ0v) is 16.4. The van der Waals surface area contributed by atoms with Crippen LogP contribution in [-0.4, -0.2) is 16.8 Å². The summed E-state index contributed by atoms with van der Waals surface area (Å²) < 4.78 is 1.06. The lowest BCUT2D eigenvalue weighted by molar-refractivity contribution is 0.0959. The van der Waals surface area contributed by atoms with Crippen LogP contribution in [0.15, 0.2) is 66.2 Å². The van der Waals surface area contributed by atoms with E-state index in [0.29, 0.717) is 16.8 Å².